The first-order valence-electron chi connectivity index (χ1n) is 5.97. The fourth-order valence-corrected chi connectivity index (χ4v) is 1.66. The van der Waals surface area contributed by atoms with Crippen molar-refractivity contribution in [1.82, 2.24) is 5.16 Å². The number of hydrogen-bond donors (Lipinski definition) is 1. The van der Waals surface area contributed by atoms with Crippen LogP contribution in [0, 0.1) is 18.7 Å². The number of halogens is 1. The monoisotopic (exact) mass is 248 g/mol. The van der Waals surface area contributed by atoms with Crippen LogP contribution in [0.15, 0.2) is 28.8 Å². The number of rotatable bonds is 3. The van der Waals surface area contributed by atoms with E-state index in [1.165, 1.54) is 6.07 Å². The van der Waals surface area contributed by atoms with E-state index in [0.717, 1.165) is 0 Å². The van der Waals surface area contributed by atoms with Crippen LogP contribution in [-0.2, 0) is 0 Å². The number of aryl methyl sites for hydroxylation is 1. The largest absolute Gasteiger partial charge is 0.359 e. The molecule has 0 fully saturated rings. The highest BCUT2D eigenvalue weighted by Crippen LogP contribution is 2.26. The summed E-state index contributed by atoms with van der Waals surface area (Å²) in [6.07, 6.45) is 0. The van der Waals surface area contributed by atoms with Crippen LogP contribution in [-0.4, -0.2) is 5.16 Å². The minimum Gasteiger partial charge on any atom is -0.359 e. The van der Waals surface area contributed by atoms with E-state index < -0.39 is 0 Å². The number of benzene rings is 1. The number of aromatic nitrogens is 1. The maximum Gasteiger partial charge on any atom is 0.154 e. The van der Waals surface area contributed by atoms with E-state index >= 15 is 0 Å². The molecule has 0 saturated carbocycles. The van der Waals surface area contributed by atoms with Crippen molar-refractivity contribution in [2.45, 2.75) is 26.8 Å². The smallest absolute Gasteiger partial charge is 0.154 e. The summed E-state index contributed by atoms with van der Waals surface area (Å²) in [7, 11) is 0. The van der Waals surface area contributed by atoms with E-state index in [0.29, 0.717) is 22.6 Å². The molecule has 4 heteroatoms. The predicted octanol–water partition coefficient (Wildman–Crippen LogP) is 3.44. The molecule has 2 aromatic rings. The molecule has 0 saturated heterocycles. The van der Waals surface area contributed by atoms with Crippen molar-refractivity contribution in [2.75, 3.05) is 0 Å². The Bertz CT molecular complexity index is 548. The van der Waals surface area contributed by atoms with Crippen LogP contribution < -0.4 is 5.73 Å². The van der Waals surface area contributed by atoms with Gasteiger partial charge in [-0.3, -0.25) is 0 Å². The molecule has 0 aliphatic carbocycles. The van der Waals surface area contributed by atoms with Crippen molar-refractivity contribution in [3.05, 3.63) is 41.4 Å². The van der Waals surface area contributed by atoms with Crippen LogP contribution in [0.2, 0.25) is 0 Å². The molecule has 0 aliphatic rings. The van der Waals surface area contributed by atoms with Crippen molar-refractivity contribution < 1.29 is 8.91 Å². The third-order valence-electron chi connectivity index (χ3n) is 3.04. The Hall–Kier alpha value is -1.68. The van der Waals surface area contributed by atoms with Gasteiger partial charge in [0.25, 0.3) is 0 Å². The summed E-state index contributed by atoms with van der Waals surface area (Å²) in [6, 6.07) is 6.58. The Labute approximate surface area is 106 Å². The van der Waals surface area contributed by atoms with Crippen molar-refractivity contribution in [3.63, 3.8) is 0 Å². The fourth-order valence-electron chi connectivity index (χ4n) is 1.66. The molecule has 2 rings (SSSR count). The van der Waals surface area contributed by atoms with Gasteiger partial charge in [0, 0.05) is 11.6 Å². The highest BCUT2D eigenvalue weighted by Gasteiger charge is 2.17. The molecule has 1 atom stereocenters. The Morgan fingerprint density at radius 3 is 2.61 bits per heavy atom. The third-order valence-corrected chi connectivity index (χ3v) is 3.04. The summed E-state index contributed by atoms with van der Waals surface area (Å²) in [5.41, 5.74) is 7.90. The lowest BCUT2D eigenvalue weighted by Gasteiger charge is -2.10. The summed E-state index contributed by atoms with van der Waals surface area (Å²) in [5.74, 6) is 0.645. The summed E-state index contributed by atoms with van der Waals surface area (Å²) in [5, 5.41) is 3.94. The van der Waals surface area contributed by atoms with Gasteiger partial charge in [-0.15, -0.1) is 0 Å². The topological polar surface area (TPSA) is 52.0 Å². The van der Waals surface area contributed by atoms with Gasteiger partial charge in [0.15, 0.2) is 5.76 Å². The molecule has 0 bridgehead atoms. The molecule has 1 aromatic carbocycles. The van der Waals surface area contributed by atoms with Gasteiger partial charge in [-0.2, -0.15) is 0 Å². The number of nitrogens with zero attached hydrogens (tertiary/aromatic N) is 1. The molecule has 1 heterocycles. The standard InChI is InChI=1S/C14H17FN2O/c1-8(2)14(16)13-7-12(17-18-13)10-5-4-9(3)11(15)6-10/h4-8,14H,16H2,1-3H3. The van der Waals surface area contributed by atoms with Gasteiger partial charge < -0.3 is 10.3 Å². The van der Waals surface area contributed by atoms with E-state index in [1.807, 2.05) is 19.9 Å². The van der Waals surface area contributed by atoms with Gasteiger partial charge in [-0.1, -0.05) is 31.1 Å². The second-order valence-electron chi connectivity index (χ2n) is 4.85. The van der Waals surface area contributed by atoms with Crippen LogP contribution in [0.25, 0.3) is 11.3 Å². The first-order chi connectivity index (χ1) is 8.49. The maximum absolute atomic E-state index is 13.5. The van der Waals surface area contributed by atoms with Crippen LogP contribution in [0.3, 0.4) is 0 Å². The van der Waals surface area contributed by atoms with Gasteiger partial charge in [-0.25, -0.2) is 4.39 Å². The molecule has 3 nitrogen and oxygen atoms in total. The van der Waals surface area contributed by atoms with Crippen LogP contribution in [0.5, 0.6) is 0 Å². The van der Waals surface area contributed by atoms with Gasteiger partial charge in [0.05, 0.1) is 6.04 Å². The zero-order valence-corrected chi connectivity index (χ0v) is 10.8. The molecule has 0 radical (unpaired) electrons. The maximum atomic E-state index is 13.5. The third kappa shape index (κ3) is 2.43. The molecule has 0 spiro atoms. The molecule has 18 heavy (non-hydrogen) atoms. The van der Waals surface area contributed by atoms with Crippen molar-refractivity contribution in [2.24, 2.45) is 11.7 Å². The molecule has 0 aliphatic heterocycles. The average molecular weight is 248 g/mol. The summed E-state index contributed by atoms with van der Waals surface area (Å²) in [4.78, 5) is 0. The zero-order chi connectivity index (χ0) is 13.3. The Morgan fingerprint density at radius 1 is 1.28 bits per heavy atom. The molecule has 1 aromatic heterocycles. The van der Waals surface area contributed by atoms with Crippen LogP contribution in [0.1, 0.15) is 31.2 Å². The predicted molar refractivity (Wildman–Crippen MR) is 68.4 cm³/mol. The second kappa shape index (κ2) is 4.90. The summed E-state index contributed by atoms with van der Waals surface area (Å²) < 4.78 is 18.7. The van der Waals surface area contributed by atoms with Gasteiger partial charge in [-0.05, 0) is 24.5 Å². The van der Waals surface area contributed by atoms with E-state index in [1.54, 1.807) is 19.1 Å². The van der Waals surface area contributed by atoms with E-state index in [9.17, 15) is 4.39 Å². The molecule has 96 valence electrons. The molecular formula is C14H17FN2O. The fraction of sp³-hybridized carbons (Fsp3) is 0.357. The highest BCUT2D eigenvalue weighted by atomic mass is 19.1. The van der Waals surface area contributed by atoms with Crippen molar-refractivity contribution in [1.29, 1.82) is 0 Å². The first kappa shape index (κ1) is 12.8. The van der Waals surface area contributed by atoms with Gasteiger partial charge in [0.2, 0.25) is 0 Å². The van der Waals surface area contributed by atoms with Crippen LogP contribution >= 0.6 is 0 Å². The normalized spacial score (nSPS) is 13.0. The molecule has 1 unspecified atom stereocenters. The molecular weight excluding hydrogens is 231 g/mol. The first-order valence-corrected chi connectivity index (χ1v) is 5.97. The second-order valence-corrected chi connectivity index (χ2v) is 4.85. The number of nitrogens with two attached hydrogens (primary N) is 1. The lowest BCUT2D eigenvalue weighted by Crippen LogP contribution is -2.15. The average Bonchev–Trinajstić information content (AvgIpc) is 2.81. The minimum atomic E-state index is -0.245. The zero-order valence-electron chi connectivity index (χ0n) is 10.8. The van der Waals surface area contributed by atoms with E-state index in [4.69, 9.17) is 10.3 Å². The minimum absolute atomic E-state index is 0.193. The Kier molecular flexibility index (Phi) is 3.48. The highest BCUT2D eigenvalue weighted by molar-refractivity contribution is 5.59. The van der Waals surface area contributed by atoms with Crippen molar-refractivity contribution >= 4 is 0 Å². The SMILES string of the molecule is Cc1ccc(-c2cc(C(N)C(C)C)on2)cc1F. The Balaban J connectivity index is 2.32. The quantitative estimate of drug-likeness (QED) is 0.905. The molecule has 2 N–H and O–H groups in total. The van der Waals surface area contributed by atoms with Crippen LogP contribution in [0.4, 0.5) is 4.39 Å². The molecule has 0 amide bonds. The lowest BCUT2D eigenvalue weighted by molar-refractivity contribution is 0.333. The van der Waals surface area contributed by atoms with Gasteiger partial charge >= 0.3 is 0 Å². The van der Waals surface area contributed by atoms with E-state index in [-0.39, 0.29) is 17.8 Å². The van der Waals surface area contributed by atoms with E-state index in [2.05, 4.69) is 5.16 Å². The van der Waals surface area contributed by atoms with Gasteiger partial charge in [0.1, 0.15) is 11.5 Å². The summed E-state index contributed by atoms with van der Waals surface area (Å²) in [6.45, 7) is 5.75. The van der Waals surface area contributed by atoms with Crippen molar-refractivity contribution in [3.8, 4) is 11.3 Å². The summed E-state index contributed by atoms with van der Waals surface area (Å²) >= 11 is 0. The Morgan fingerprint density at radius 2 is 2.00 bits per heavy atom. The lowest BCUT2D eigenvalue weighted by atomic mass is 10.0. The number of hydrogen-bond acceptors (Lipinski definition) is 3.